The maximum absolute atomic E-state index is 11.8. The van der Waals surface area contributed by atoms with Gasteiger partial charge in [0.05, 0.1) is 12.5 Å². The first-order valence-electron chi connectivity index (χ1n) is 5.97. The maximum atomic E-state index is 11.8. The Morgan fingerprint density at radius 1 is 1.56 bits per heavy atom. The number of aliphatic hydroxyl groups is 1. The second-order valence-corrected chi connectivity index (χ2v) is 4.42. The van der Waals surface area contributed by atoms with Gasteiger partial charge in [-0.2, -0.15) is 0 Å². The van der Waals surface area contributed by atoms with Gasteiger partial charge in [0.25, 0.3) is 0 Å². The number of rotatable bonds is 3. The summed E-state index contributed by atoms with van der Waals surface area (Å²) in [5.74, 6) is -0.561. The van der Waals surface area contributed by atoms with E-state index in [9.17, 15) is 14.7 Å². The lowest BCUT2D eigenvalue weighted by Gasteiger charge is -2.30. The van der Waals surface area contributed by atoms with Crippen molar-refractivity contribution in [3.8, 4) is 0 Å². The van der Waals surface area contributed by atoms with Gasteiger partial charge < -0.3 is 14.6 Å². The van der Waals surface area contributed by atoms with Crippen LogP contribution in [-0.2, 0) is 19.1 Å². The van der Waals surface area contributed by atoms with Gasteiger partial charge in [-0.1, -0.05) is 6.92 Å². The predicted molar refractivity (Wildman–Crippen MR) is 61.4 cm³/mol. The molecule has 0 saturated carbocycles. The van der Waals surface area contributed by atoms with Crippen molar-refractivity contribution in [3.05, 3.63) is 12.3 Å². The number of nitrogens with zero attached hydrogens (tertiary/aromatic N) is 1. The maximum Gasteiger partial charge on any atom is 0.236 e. The van der Waals surface area contributed by atoms with E-state index < -0.39 is 18.4 Å². The Kier molecular flexibility index (Phi) is 3.79. The van der Waals surface area contributed by atoms with E-state index in [0.717, 1.165) is 0 Å². The Morgan fingerprint density at radius 2 is 2.28 bits per heavy atom. The topological polar surface area (TPSA) is 76.1 Å². The summed E-state index contributed by atoms with van der Waals surface area (Å²) in [5.41, 5.74) is 0. The zero-order valence-corrected chi connectivity index (χ0v) is 10.4. The van der Waals surface area contributed by atoms with Crippen LogP contribution in [0, 0.1) is 0 Å². The molecule has 2 aliphatic rings. The highest BCUT2D eigenvalue weighted by Gasteiger charge is 2.47. The summed E-state index contributed by atoms with van der Waals surface area (Å²) in [7, 11) is 1.46. The van der Waals surface area contributed by atoms with Crippen molar-refractivity contribution in [1.29, 1.82) is 0 Å². The van der Waals surface area contributed by atoms with Crippen LogP contribution in [0.25, 0.3) is 0 Å². The summed E-state index contributed by atoms with van der Waals surface area (Å²) in [5, 5.41) is 10.0. The Bertz CT molecular complexity index is 381. The summed E-state index contributed by atoms with van der Waals surface area (Å²) >= 11 is 0. The fourth-order valence-corrected chi connectivity index (χ4v) is 2.31. The van der Waals surface area contributed by atoms with Crippen molar-refractivity contribution in [2.75, 3.05) is 7.11 Å². The van der Waals surface area contributed by atoms with Crippen LogP contribution < -0.4 is 0 Å². The van der Waals surface area contributed by atoms with Crippen molar-refractivity contribution in [1.82, 2.24) is 4.90 Å². The van der Waals surface area contributed by atoms with Crippen LogP contribution in [0.1, 0.15) is 19.8 Å². The molecule has 0 bridgehead atoms. The molecular formula is C12H17NO5. The molecule has 0 aromatic heterocycles. The number of allylic oxidation sites excluding steroid dienone is 1. The Labute approximate surface area is 105 Å². The molecule has 2 aliphatic heterocycles. The van der Waals surface area contributed by atoms with Crippen LogP contribution in [0.3, 0.4) is 0 Å². The minimum absolute atomic E-state index is 0.167. The molecule has 1 fully saturated rings. The number of methoxy groups -OCH3 is 1. The average Bonchev–Trinajstić information content (AvgIpc) is 2.65. The third-order valence-corrected chi connectivity index (χ3v) is 3.30. The molecule has 100 valence electrons. The normalized spacial score (nSPS) is 36.5. The highest BCUT2D eigenvalue weighted by molar-refractivity contribution is 6.06. The van der Waals surface area contributed by atoms with Crippen molar-refractivity contribution in [3.63, 3.8) is 0 Å². The van der Waals surface area contributed by atoms with Gasteiger partial charge in [0, 0.05) is 13.3 Å². The first kappa shape index (κ1) is 13.2. The molecule has 1 saturated heterocycles. The quantitative estimate of drug-likeness (QED) is 0.707. The summed E-state index contributed by atoms with van der Waals surface area (Å²) in [6, 6.07) is 0. The van der Waals surface area contributed by atoms with E-state index in [1.54, 1.807) is 0 Å². The van der Waals surface area contributed by atoms with Crippen molar-refractivity contribution >= 4 is 11.7 Å². The van der Waals surface area contributed by atoms with E-state index in [1.165, 1.54) is 24.3 Å². The molecule has 0 aliphatic carbocycles. The summed E-state index contributed by atoms with van der Waals surface area (Å²) in [6.07, 6.45) is 0.784. The number of amides is 1. The number of ether oxygens (including phenoxy) is 2. The molecule has 0 spiro atoms. The fraction of sp³-hybridized carbons (Fsp3) is 0.667. The lowest BCUT2D eigenvalue weighted by atomic mass is 10.1. The summed E-state index contributed by atoms with van der Waals surface area (Å²) < 4.78 is 10.8. The van der Waals surface area contributed by atoms with Crippen molar-refractivity contribution in [2.45, 2.75) is 44.3 Å². The molecule has 6 heteroatoms. The molecule has 0 aromatic carbocycles. The molecule has 0 aromatic rings. The van der Waals surface area contributed by atoms with E-state index in [0.29, 0.717) is 6.42 Å². The molecule has 0 unspecified atom stereocenters. The number of carbonyl (C=O) groups excluding carboxylic acids is 2. The molecule has 1 amide bonds. The number of hydrogen-bond acceptors (Lipinski definition) is 5. The average molecular weight is 255 g/mol. The first-order chi connectivity index (χ1) is 8.58. The van der Waals surface area contributed by atoms with Gasteiger partial charge in [-0.05, 0) is 12.5 Å². The Balaban J connectivity index is 2.19. The zero-order chi connectivity index (χ0) is 13.3. The molecule has 6 nitrogen and oxygen atoms in total. The van der Waals surface area contributed by atoms with Gasteiger partial charge in [-0.3, -0.25) is 14.5 Å². The number of ketones is 1. The van der Waals surface area contributed by atoms with E-state index >= 15 is 0 Å². The van der Waals surface area contributed by atoms with Crippen molar-refractivity contribution < 1.29 is 24.2 Å². The van der Waals surface area contributed by atoms with Gasteiger partial charge in [-0.25, -0.2) is 0 Å². The highest BCUT2D eigenvalue weighted by Crippen LogP contribution is 2.29. The molecule has 4 atom stereocenters. The van der Waals surface area contributed by atoms with Gasteiger partial charge in [0.15, 0.2) is 12.0 Å². The minimum atomic E-state index is -0.774. The minimum Gasteiger partial charge on any atom is -0.388 e. The SMILES string of the molecule is CC[C@H]1O[C@@H](N2C=CC(=O)CC2=O)[C@H](OC)[C@@H]1O. The molecule has 2 rings (SSSR count). The van der Waals surface area contributed by atoms with Gasteiger partial charge in [0.1, 0.15) is 12.2 Å². The van der Waals surface area contributed by atoms with Crippen LogP contribution in [0.4, 0.5) is 0 Å². The lowest BCUT2D eigenvalue weighted by molar-refractivity contribution is -0.149. The number of hydrogen-bond donors (Lipinski definition) is 1. The smallest absolute Gasteiger partial charge is 0.236 e. The third-order valence-electron chi connectivity index (χ3n) is 3.30. The molecular weight excluding hydrogens is 238 g/mol. The van der Waals surface area contributed by atoms with E-state index in [2.05, 4.69) is 0 Å². The first-order valence-corrected chi connectivity index (χ1v) is 5.97. The third kappa shape index (κ3) is 2.19. The van der Waals surface area contributed by atoms with E-state index in [-0.39, 0.29) is 24.2 Å². The predicted octanol–water partition coefficient (Wildman–Crippen LogP) is -0.188. The second-order valence-electron chi connectivity index (χ2n) is 4.42. The second kappa shape index (κ2) is 5.17. The van der Waals surface area contributed by atoms with E-state index in [4.69, 9.17) is 9.47 Å². The molecule has 18 heavy (non-hydrogen) atoms. The largest absolute Gasteiger partial charge is 0.388 e. The Morgan fingerprint density at radius 3 is 2.83 bits per heavy atom. The van der Waals surface area contributed by atoms with Crippen LogP contribution in [0.2, 0.25) is 0 Å². The molecule has 2 heterocycles. The molecule has 1 N–H and O–H groups in total. The van der Waals surface area contributed by atoms with Crippen LogP contribution in [0.15, 0.2) is 12.3 Å². The summed E-state index contributed by atoms with van der Waals surface area (Å²) in [6.45, 7) is 1.89. The summed E-state index contributed by atoms with van der Waals surface area (Å²) in [4.78, 5) is 24.2. The van der Waals surface area contributed by atoms with Crippen molar-refractivity contribution in [2.24, 2.45) is 0 Å². The number of carbonyl (C=O) groups is 2. The zero-order valence-electron chi connectivity index (χ0n) is 10.4. The molecule has 0 radical (unpaired) electrons. The fourth-order valence-electron chi connectivity index (χ4n) is 2.31. The highest BCUT2D eigenvalue weighted by atomic mass is 16.6. The van der Waals surface area contributed by atoms with Crippen LogP contribution in [-0.4, -0.2) is 53.3 Å². The van der Waals surface area contributed by atoms with Gasteiger partial charge >= 0.3 is 0 Å². The monoisotopic (exact) mass is 255 g/mol. The number of aliphatic hydroxyl groups excluding tert-OH is 1. The van der Waals surface area contributed by atoms with Crippen LogP contribution in [0.5, 0.6) is 0 Å². The lowest BCUT2D eigenvalue weighted by Crippen LogP contribution is -2.47. The van der Waals surface area contributed by atoms with Crippen LogP contribution >= 0.6 is 0 Å². The van der Waals surface area contributed by atoms with Gasteiger partial charge in [-0.15, -0.1) is 0 Å². The Hall–Kier alpha value is -1.24. The van der Waals surface area contributed by atoms with Gasteiger partial charge in [0.2, 0.25) is 5.91 Å². The van der Waals surface area contributed by atoms with E-state index in [1.807, 2.05) is 6.92 Å². The standard InChI is InChI=1S/C12H17NO5/c1-3-8-10(16)11(17-2)12(18-8)13-5-4-7(14)6-9(13)15/h4-5,8,10-12,16H,3,6H2,1-2H3/t8-,10-,11-,12-/m1/s1.